The largest absolute Gasteiger partial charge is 0.380 e. The zero-order valence-electron chi connectivity index (χ0n) is 12.4. The Labute approximate surface area is 116 Å². The first-order valence-corrected chi connectivity index (χ1v) is 7.52. The number of ether oxygens (including phenoxy) is 1. The lowest BCUT2D eigenvalue weighted by Crippen LogP contribution is -2.40. The fraction of sp³-hybridized carbons (Fsp3) is 0.800. The highest BCUT2D eigenvalue weighted by Crippen LogP contribution is 2.28. The molecule has 4 heteroatoms. The number of rotatable bonds is 7. The number of aromatic nitrogens is 2. The van der Waals surface area contributed by atoms with Crippen LogP contribution in [0.4, 0.5) is 0 Å². The predicted molar refractivity (Wildman–Crippen MR) is 77.4 cm³/mol. The van der Waals surface area contributed by atoms with Gasteiger partial charge in [0, 0.05) is 25.8 Å². The number of likely N-dealkylation sites (N-methyl/N-ethyl adjacent to an activating group) is 1. The quantitative estimate of drug-likeness (QED) is 0.823. The SMILES string of the molecule is CCC(OC)C(Cc1ccn(C2CCCC2)n1)NC. The number of nitrogens with one attached hydrogen (secondary N) is 1. The highest BCUT2D eigenvalue weighted by Gasteiger charge is 2.21. The van der Waals surface area contributed by atoms with Gasteiger partial charge < -0.3 is 10.1 Å². The van der Waals surface area contributed by atoms with Crippen molar-refractivity contribution in [1.29, 1.82) is 0 Å². The van der Waals surface area contributed by atoms with Gasteiger partial charge in [0.05, 0.1) is 17.8 Å². The van der Waals surface area contributed by atoms with Gasteiger partial charge in [-0.25, -0.2) is 0 Å². The summed E-state index contributed by atoms with van der Waals surface area (Å²) in [6, 6.07) is 3.12. The lowest BCUT2D eigenvalue weighted by Gasteiger charge is -2.24. The van der Waals surface area contributed by atoms with E-state index in [9.17, 15) is 0 Å². The van der Waals surface area contributed by atoms with Crippen LogP contribution < -0.4 is 5.32 Å². The van der Waals surface area contributed by atoms with Gasteiger partial charge in [-0.1, -0.05) is 19.8 Å². The van der Waals surface area contributed by atoms with Gasteiger partial charge in [0.2, 0.25) is 0 Å². The van der Waals surface area contributed by atoms with E-state index in [-0.39, 0.29) is 6.10 Å². The van der Waals surface area contributed by atoms with Crippen LogP contribution in [-0.4, -0.2) is 36.1 Å². The molecule has 0 spiro atoms. The minimum atomic E-state index is 0.252. The van der Waals surface area contributed by atoms with Crippen molar-refractivity contribution in [3.05, 3.63) is 18.0 Å². The zero-order valence-corrected chi connectivity index (χ0v) is 12.4. The monoisotopic (exact) mass is 265 g/mol. The van der Waals surface area contributed by atoms with Crippen molar-refractivity contribution in [3.63, 3.8) is 0 Å². The first kappa shape index (κ1) is 14.5. The Morgan fingerprint density at radius 2 is 2.21 bits per heavy atom. The maximum Gasteiger partial charge on any atom is 0.0725 e. The van der Waals surface area contributed by atoms with Gasteiger partial charge in [-0.3, -0.25) is 4.68 Å². The smallest absolute Gasteiger partial charge is 0.0725 e. The normalized spacial score (nSPS) is 19.7. The second kappa shape index (κ2) is 7.06. The number of nitrogens with zero attached hydrogens (tertiary/aromatic N) is 2. The van der Waals surface area contributed by atoms with E-state index in [1.165, 1.54) is 31.4 Å². The number of methoxy groups -OCH3 is 1. The molecule has 19 heavy (non-hydrogen) atoms. The van der Waals surface area contributed by atoms with E-state index in [4.69, 9.17) is 9.84 Å². The van der Waals surface area contributed by atoms with Crippen LogP contribution in [0.15, 0.2) is 12.3 Å². The Morgan fingerprint density at radius 1 is 1.47 bits per heavy atom. The van der Waals surface area contributed by atoms with Crippen molar-refractivity contribution < 1.29 is 4.74 Å². The zero-order chi connectivity index (χ0) is 13.7. The van der Waals surface area contributed by atoms with E-state index in [2.05, 4.69) is 29.2 Å². The van der Waals surface area contributed by atoms with E-state index in [1.54, 1.807) is 7.11 Å². The van der Waals surface area contributed by atoms with Crippen molar-refractivity contribution >= 4 is 0 Å². The lowest BCUT2D eigenvalue weighted by atomic mass is 10.0. The molecule has 2 atom stereocenters. The predicted octanol–water partition coefficient (Wildman–Crippen LogP) is 2.55. The summed E-state index contributed by atoms with van der Waals surface area (Å²) in [5, 5.41) is 8.11. The Morgan fingerprint density at radius 3 is 2.79 bits per heavy atom. The molecule has 2 rings (SSSR count). The molecule has 0 bridgehead atoms. The molecule has 0 aliphatic heterocycles. The minimum Gasteiger partial charge on any atom is -0.380 e. The summed E-state index contributed by atoms with van der Waals surface area (Å²) in [6.07, 6.45) is 9.61. The highest BCUT2D eigenvalue weighted by molar-refractivity contribution is 5.03. The summed E-state index contributed by atoms with van der Waals surface area (Å²) in [4.78, 5) is 0. The fourth-order valence-electron chi connectivity index (χ4n) is 3.12. The average Bonchev–Trinajstić information content (AvgIpc) is 3.09. The standard InChI is InChI=1S/C15H27N3O/c1-4-15(19-3)14(16-2)11-12-9-10-18(17-12)13-7-5-6-8-13/h9-10,13-16H,4-8,11H2,1-3H3. The first-order valence-electron chi connectivity index (χ1n) is 7.52. The molecule has 0 radical (unpaired) electrons. The summed E-state index contributed by atoms with van der Waals surface area (Å²) in [7, 11) is 3.79. The van der Waals surface area contributed by atoms with E-state index >= 15 is 0 Å². The van der Waals surface area contributed by atoms with Crippen LogP contribution in [-0.2, 0) is 11.2 Å². The Bertz CT molecular complexity index is 367. The molecule has 0 amide bonds. The van der Waals surface area contributed by atoms with Crippen LogP contribution in [0.1, 0.15) is 50.8 Å². The molecule has 0 aromatic carbocycles. The summed E-state index contributed by atoms with van der Waals surface area (Å²) in [6.45, 7) is 2.16. The van der Waals surface area contributed by atoms with Crippen molar-refractivity contribution in [1.82, 2.24) is 15.1 Å². The summed E-state index contributed by atoms with van der Waals surface area (Å²) in [5.74, 6) is 0. The maximum absolute atomic E-state index is 5.53. The maximum atomic E-state index is 5.53. The van der Waals surface area contributed by atoms with Crippen LogP contribution >= 0.6 is 0 Å². The fourth-order valence-corrected chi connectivity index (χ4v) is 3.12. The second-order valence-corrected chi connectivity index (χ2v) is 5.51. The number of hydrogen-bond acceptors (Lipinski definition) is 3. The molecular formula is C15H27N3O. The average molecular weight is 265 g/mol. The molecule has 2 unspecified atom stereocenters. The van der Waals surface area contributed by atoms with Gasteiger partial charge in [-0.2, -0.15) is 5.10 Å². The van der Waals surface area contributed by atoms with Crippen molar-refractivity contribution in [2.24, 2.45) is 0 Å². The third-order valence-corrected chi connectivity index (χ3v) is 4.32. The van der Waals surface area contributed by atoms with Crippen LogP contribution in [0.25, 0.3) is 0 Å². The Hall–Kier alpha value is -0.870. The van der Waals surface area contributed by atoms with Crippen LogP contribution in [0.5, 0.6) is 0 Å². The first-order chi connectivity index (χ1) is 9.28. The molecule has 108 valence electrons. The van der Waals surface area contributed by atoms with Gasteiger partial charge in [0.25, 0.3) is 0 Å². The third-order valence-electron chi connectivity index (χ3n) is 4.32. The molecule has 1 aliphatic carbocycles. The minimum absolute atomic E-state index is 0.252. The van der Waals surface area contributed by atoms with E-state index < -0.39 is 0 Å². The molecular weight excluding hydrogens is 238 g/mol. The third kappa shape index (κ3) is 3.57. The van der Waals surface area contributed by atoms with Gasteiger partial charge in [-0.05, 0) is 32.4 Å². The molecule has 1 N–H and O–H groups in total. The van der Waals surface area contributed by atoms with Crippen LogP contribution in [0.3, 0.4) is 0 Å². The van der Waals surface area contributed by atoms with E-state index in [0.29, 0.717) is 12.1 Å². The summed E-state index contributed by atoms with van der Waals surface area (Å²) < 4.78 is 7.70. The second-order valence-electron chi connectivity index (χ2n) is 5.51. The molecule has 0 saturated heterocycles. The van der Waals surface area contributed by atoms with Crippen molar-refractivity contribution in [2.45, 2.75) is 63.6 Å². The van der Waals surface area contributed by atoms with E-state index in [0.717, 1.165) is 12.8 Å². The lowest BCUT2D eigenvalue weighted by molar-refractivity contribution is 0.0674. The molecule has 1 heterocycles. The van der Waals surface area contributed by atoms with Crippen molar-refractivity contribution in [2.75, 3.05) is 14.2 Å². The van der Waals surface area contributed by atoms with Crippen molar-refractivity contribution in [3.8, 4) is 0 Å². The Balaban J connectivity index is 1.97. The van der Waals surface area contributed by atoms with E-state index in [1.807, 2.05) is 7.05 Å². The molecule has 4 nitrogen and oxygen atoms in total. The molecule has 1 aromatic heterocycles. The molecule has 1 saturated carbocycles. The molecule has 1 aromatic rings. The van der Waals surface area contributed by atoms with Gasteiger partial charge >= 0.3 is 0 Å². The summed E-state index contributed by atoms with van der Waals surface area (Å²) in [5.41, 5.74) is 1.17. The van der Waals surface area contributed by atoms with Gasteiger partial charge in [-0.15, -0.1) is 0 Å². The number of hydrogen-bond donors (Lipinski definition) is 1. The highest BCUT2D eigenvalue weighted by atomic mass is 16.5. The Kier molecular flexibility index (Phi) is 5.40. The topological polar surface area (TPSA) is 39.1 Å². The van der Waals surface area contributed by atoms with Gasteiger partial charge in [0.1, 0.15) is 0 Å². The molecule has 1 fully saturated rings. The molecule has 1 aliphatic rings. The van der Waals surface area contributed by atoms with Gasteiger partial charge in [0.15, 0.2) is 0 Å². The van der Waals surface area contributed by atoms with Crippen LogP contribution in [0.2, 0.25) is 0 Å². The van der Waals surface area contributed by atoms with Crippen LogP contribution in [0, 0.1) is 0 Å². The summed E-state index contributed by atoms with van der Waals surface area (Å²) >= 11 is 0.